The highest BCUT2D eigenvalue weighted by molar-refractivity contribution is 5.89. The van der Waals surface area contributed by atoms with Crippen LogP contribution in [0.2, 0.25) is 0 Å². The van der Waals surface area contributed by atoms with Crippen LogP contribution in [0.5, 0.6) is 0 Å². The van der Waals surface area contributed by atoms with Gasteiger partial charge in [-0.25, -0.2) is 4.79 Å². The van der Waals surface area contributed by atoms with E-state index in [-0.39, 0.29) is 12.6 Å². The first-order chi connectivity index (χ1) is 9.06. The molecule has 2 heterocycles. The fourth-order valence-electron chi connectivity index (χ4n) is 2.11. The van der Waals surface area contributed by atoms with Crippen molar-refractivity contribution in [1.29, 1.82) is 0 Å². The van der Waals surface area contributed by atoms with Gasteiger partial charge in [0.1, 0.15) is 0 Å². The van der Waals surface area contributed by atoms with Crippen molar-refractivity contribution in [2.45, 2.75) is 19.8 Å². The molecule has 0 aromatic carbocycles. The molecule has 2 amide bonds. The third-order valence-electron chi connectivity index (χ3n) is 3.22. The predicted molar refractivity (Wildman–Crippen MR) is 69.9 cm³/mol. The van der Waals surface area contributed by atoms with Crippen LogP contribution >= 0.6 is 0 Å². The summed E-state index contributed by atoms with van der Waals surface area (Å²) in [5, 5.41) is 11.7. The van der Waals surface area contributed by atoms with Crippen LogP contribution in [-0.4, -0.2) is 40.1 Å². The molecule has 102 valence electrons. The van der Waals surface area contributed by atoms with Crippen LogP contribution in [-0.2, 0) is 4.79 Å². The van der Waals surface area contributed by atoms with Crippen molar-refractivity contribution >= 4 is 17.7 Å². The second-order valence-electron chi connectivity index (χ2n) is 4.74. The molecule has 1 aromatic heterocycles. The van der Waals surface area contributed by atoms with Gasteiger partial charge >= 0.3 is 12.0 Å². The fourth-order valence-corrected chi connectivity index (χ4v) is 2.11. The highest BCUT2D eigenvalue weighted by Crippen LogP contribution is 2.17. The zero-order valence-corrected chi connectivity index (χ0v) is 10.8. The second kappa shape index (κ2) is 5.69. The lowest BCUT2D eigenvalue weighted by atomic mass is 9.99. The molecule has 1 aliphatic rings. The molecule has 6 nitrogen and oxygen atoms in total. The topological polar surface area (TPSA) is 82.5 Å². The number of pyridine rings is 1. The molecular formula is C13H17N3O3. The molecule has 2 rings (SSSR count). The molecule has 6 heteroatoms. The Morgan fingerprint density at radius 3 is 2.89 bits per heavy atom. The summed E-state index contributed by atoms with van der Waals surface area (Å²) in [6.45, 7) is 2.73. The van der Waals surface area contributed by atoms with E-state index >= 15 is 0 Å². The number of likely N-dealkylation sites (tertiary alicyclic amines) is 1. The summed E-state index contributed by atoms with van der Waals surface area (Å²) < 4.78 is 0. The number of aryl methyl sites for hydroxylation is 1. The number of amides is 2. The van der Waals surface area contributed by atoms with Gasteiger partial charge in [0.15, 0.2) is 0 Å². The smallest absolute Gasteiger partial charge is 0.321 e. The predicted octanol–water partition coefficient (Wildman–Crippen LogP) is 1.72. The number of carbonyl (C=O) groups excluding carboxylic acids is 1. The van der Waals surface area contributed by atoms with Crippen LogP contribution in [0.1, 0.15) is 18.5 Å². The van der Waals surface area contributed by atoms with Crippen LogP contribution in [0.15, 0.2) is 18.3 Å². The lowest BCUT2D eigenvalue weighted by Gasteiger charge is -2.30. The van der Waals surface area contributed by atoms with Crippen LogP contribution < -0.4 is 5.32 Å². The van der Waals surface area contributed by atoms with Crippen molar-refractivity contribution in [3.63, 3.8) is 0 Å². The van der Waals surface area contributed by atoms with Gasteiger partial charge in [-0.2, -0.15) is 0 Å². The number of piperidine rings is 1. The molecule has 0 bridgehead atoms. The van der Waals surface area contributed by atoms with Crippen molar-refractivity contribution in [3.8, 4) is 0 Å². The molecule has 0 radical (unpaired) electrons. The maximum atomic E-state index is 12.0. The summed E-state index contributed by atoms with van der Waals surface area (Å²) in [6.07, 6.45) is 2.94. The number of carboxylic acids is 1. The van der Waals surface area contributed by atoms with Gasteiger partial charge in [0, 0.05) is 18.8 Å². The van der Waals surface area contributed by atoms with Gasteiger partial charge in [-0.15, -0.1) is 0 Å². The van der Waals surface area contributed by atoms with E-state index in [1.165, 1.54) is 0 Å². The third-order valence-corrected chi connectivity index (χ3v) is 3.22. The van der Waals surface area contributed by atoms with Gasteiger partial charge in [-0.3, -0.25) is 9.78 Å². The van der Waals surface area contributed by atoms with Crippen molar-refractivity contribution in [2.75, 3.05) is 18.4 Å². The Morgan fingerprint density at radius 2 is 2.26 bits per heavy atom. The Kier molecular flexibility index (Phi) is 3.99. The van der Waals surface area contributed by atoms with Crippen LogP contribution in [0.3, 0.4) is 0 Å². The quantitative estimate of drug-likeness (QED) is 0.851. The lowest BCUT2D eigenvalue weighted by Crippen LogP contribution is -2.44. The average Bonchev–Trinajstić information content (AvgIpc) is 2.41. The van der Waals surface area contributed by atoms with Gasteiger partial charge in [0.05, 0.1) is 17.8 Å². The van der Waals surface area contributed by atoms with E-state index in [0.29, 0.717) is 18.7 Å². The summed E-state index contributed by atoms with van der Waals surface area (Å²) in [5.41, 5.74) is 1.50. The molecule has 0 aliphatic carbocycles. The zero-order chi connectivity index (χ0) is 13.8. The van der Waals surface area contributed by atoms with E-state index in [0.717, 1.165) is 12.1 Å². The number of hydrogen-bond acceptors (Lipinski definition) is 3. The van der Waals surface area contributed by atoms with Crippen molar-refractivity contribution in [1.82, 2.24) is 9.88 Å². The molecule has 1 aliphatic heterocycles. The SMILES string of the molecule is Cc1ccc(NC(=O)N2CCC[C@H](C(=O)O)C2)cn1. The molecule has 19 heavy (non-hydrogen) atoms. The first kappa shape index (κ1) is 13.3. The molecule has 1 atom stereocenters. The molecule has 0 spiro atoms. The Balaban J connectivity index is 1.96. The Labute approximate surface area is 111 Å². The minimum atomic E-state index is -0.838. The van der Waals surface area contributed by atoms with Crippen LogP contribution in [0, 0.1) is 12.8 Å². The summed E-state index contributed by atoms with van der Waals surface area (Å²) in [4.78, 5) is 28.6. The second-order valence-corrected chi connectivity index (χ2v) is 4.74. The van der Waals surface area contributed by atoms with Crippen molar-refractivity contribution in [2.24, 2.45) is 5.92 Å². The first-order valence-electron chi connectivity index (χ1n) is 6.27. The van der Waals surface area contributed by atoms with Gasteiger partial charge in [-0.1, -0.05) is 0 Å². The molecule has 0 saturated carbocycles. The minimum absolute atomic E-state index is 0.264. The highest BCUT2D eigenvalue weighted by atomic mass is 16.4. The zero-order valence-electron chi connectivity index (χ0n) is 10.8. The van der Waals surface area contributed by atoms with E-state index in [1.54, 1.807) is 17.2 Å². The Hall–Kier alpha value is -2.11. The molecule has 1 aromatic rings. The third kappa shape index (κ3) is 3.43. The number of urea groups is 1. The van der Waals surface area contributed by atoms with Gasteiger partial charge in [0.25, 0.3) is 0 Å². The van der Waals surface area contributed by atoms with Gasteiger partial charge in [0.2, 0.25) is 0 Å². The van der Waals surface area contributed by atoms with E-state index in [2.05, 4.69) is 10.3 Å². The number of anilines is 1. The molecule has 1 fully saturated rings. The summed E-state index contributed by atoms with van der Waals surface area (Å²) >= 11 is 0. The van der Waals surface area contributed by atoms with E-state index in [4.69, 9.17) is 5.11 Å². The molecular weight excluding hydrogens is 246 g/mol. The van der Waals surface area contributed by atoms with E-state index in [9.17, 15) is 9.59 Å². The summed E-state index contributed by atoms with van der Waals surface area (Å²) in [6, 6.07) is 3.32. The molecule has 0 unspecified atom stereocenters. The number of aliphatic carboxylic acids is 1. The maximum absolute atomic E-state index is 12.0. The minimum Gasteiger partial charge on any atom is -0.481 e. The Morgan fingerprint density at radius 1 is 1.47 bits per heavy atom. The van der Waals surface area contributed by atoms with E-state index in [1.807, 2.05) is 13.0 Å². The number of nitrogens with one attached hydrogen (secondary N) is 1. The normalized spacial score (nSPS) is 19.0. The summed E-state index contributed by atoms with van der Waals surface area (Å²) in [5.74, 6) is -1.30. The van der Waals surface area contributed by atoms with Crippen LogP contribution in [0.4, 0.5) is 10.5 Å². The van der Waals surface area contributed by atoms with Crippen molar-refractivity contribution < 1.29 is 14.7 Å². The molecule has 2 N–H and O–H groups in total. The Bertz CT molecular complexity index is 473. The maximum Gasteiger partial charge on any atom is 0.321 e. The fraction of sp³-hybridized carbons (Fsp3) is 0.462. The largest absolute Gasteiger partial charge is 0.481 e. The van der Waals surface area contributed by atoms with Crippen LogP contribution in [0.25, 0.3) is 0 Å². The lowest BCUT2D eigenvalue weighted by molar-refractivity contribution is -0.143. The number of nitrogens with zero attached hydrogens (tertiary/aromatic N) is 2. The van der Waals surface area contributed by atoms with E-state index < -0.39 is 11.9 Å². The van der Waals surface area contributed by atoms with Gasteiger partial charge < -0.3 is 15.3 Å². The number of carboxylic acid groups (broad SMARTS) is 1. The number of hydrogen-bond donors (Lipinski definition) is 2. The monoisotopic (exact) mass is 263 g/mol. The standard InChI is InChI=1S/C13H17N3O3/c1-9-4-5-11(7-14-9)15-13(19)16-6-2-3-10(8-16)12(17)18/h4-5,7,10H,2-3,6,8H2,1H3,(H,15,19)(H,17,18)/t10-/m0/s1. The van der Waals surface area contributed by atoms with Crippen molar-refractivity contribution in [3.05, 3.63) is 24.0 Å². The number of rotatable bonds is 2. The highest BCUT2D eigenvalue weighted by Gasteiger charge is 2.28. The first-order valence-corrected chi connectivity index (χ1v) is 6.27. The summed E-state index contributed by atoms with van der Waals surface area (Å²) in [7, 11) is 0. The van der Waals surface area contributed by atoms with Gasteiger partial charge in [-0.05, 0) is 31.9 Å². The average molecular weight is 263 g/mol. The number of aromatic nitrogens is 1. The molecule has 1 saturated heterocycles. The number of carbonyl (C=O) groups is 2.